The van der Waals surface area contributed by atoms with E-state index in [1.165, 1.54) is 116 Å². The summed E-state index contributed by atoms with van der Waals surface area (Å²) in [5, 5.41) is 23.6. The molecule has 0 fully saturated rings. The Morgan fingerprint density at radius 2 is 1.00 bits per heavy atom. The molecule has 0 aromatic heterocycles. The van der Waals surface area contributed by atoms with E-state index in [9.17, 15) is 19.8 Å². The number of carbonyl (C=O) groups excluding carboxylic acids is 2. The van der Waals surface area contributed by atoms with Gasteiger partial charge in [0.25, 0.3) is 0 Å². The number of carbonyl (C=O) groups is 2. The molecule has 0 radical (unpaired) electrons. The Labute approximate surface area is 345 Å². The van der Waals surface area contributed by atoms with Crippen LogP contribution in [0.4, 0.5) is 0 Å². The summed E-state index contributed by atoms with van der Waals surface area (Å²) in [6.45, 7) is 6.26. The van der Waals surface area contributed by atoms with E-state index in [-0.39, 0.29) is 24.9 Å². The number of rotatable bonds is 40. The Kier molecular flexibility index (Phi) is 41.3. The van der Waals surface area contributed by atoms with Gasteiger partial charge in [0, 0.05) is 12.8 Å². The van der Waals surface area contributed by atoms with Crippen molar-refractivity contribution in [3.8, 4) is 0 Å². The minimum atomic E-state index is -0.818. The van der Waals surface area contributed by atoms with Crippen molar-refractivity contribution in [2.24, 2.45) is 0 Å². The third-order valence-corrected chi connectivity index (χ3v) is 10.1. The molecule has 0 saturated carbocycles. The van der Waals surface area contributed by atoms with Crippen molar-refractivity contribution in [2.75, 3.05) is 6.61 Å². The topological polar surface area (TPSA) is 95.9 Å². The van der Waals surface area contributed by atoms with Crippen LogP contribution in [0.2, 0.25) is 0 Å². The van der Waals surface area contributed by atoms with Gasteiger partial charge in [0.1, 0.15) is 6.10 Å². The van der Waals surface area contributed by atoms with E-state index >= 15 is 0 Å². The molecule has 0 aliphatic carbocycles. The zero-order valence-electron chi connectivity index (χ0n) is 36.5. The van der Waals surface area contributed by atoms with Crippen molar-refractivity contribution < 1.29 is 24.5 Å². The first-order valence-corrected chi connectivity index (χ1v) is 23.2. The number of aliphatic hydroxyl groups excluding tert-OH is 2. The molecule has 3 atom stereocenters. The Balaban J connectivity index is 4.71. The zero-order valence-corrected chi connectivity index (χ0v) is 36.5. The SMILES string of the molecule is CC/C=C/C=C/C=C\C=C/C=C/CC(CC(=O)NC(CO)C(O)CCCCCCCCCCCCC)OC(=O)CCCCCCCCC/C=C\CCCCCC. The number of hydrogen-bond acceptors (Lipinski definition) is 5. The highest BCUT2D eigenvalue weighted by molar-refractivity contribution is 5.77. The van der Waals surface area contributed by atoms with Crippen molar-refractivity contribution in [1.29, 1.82) is 0 Å². The van der Waals surface area contributed by atoms with Crippen molar-refractivity contribution in [2.45, 2.75) is 225 Å². The summed E-state index contributed by atoms with van der Waals surface area (Å²) in [7, 11) is 0. The quantitative estimate of drug-likeness (QED) is 0.0249. The number of unbranched alkanes of at least 4 members (excludes halogenated alkanes) is 21. The lowest BCUT2D eigenvalue weighted by Gasteiger charge is -2.24. The van der Waals surface area contributed by atoms with Crippen LogP contribution in [0.1, 0.15) is 207 Å². The highest BCUT2D eigenvalue weighted by Gasteiger charge is 2.23. The van der Waals surface area contributed by atoms with Crippen LogP contribution in [0.5, 0.6) is 0 Å². The van der Waals surface area contributed by atoms with E-state index in [2.05, 4.69) is 44.3 Å². The van der Waals surface area contributed by atoms with Gasteiger partial charge in [0.05, 0.1) is 25.2 Å². The number of ether oxygens (including phenoxy) is 1. The molecule has 0 bridgehead atoms. The van der Waals surface area contributed by atoms with Gasteiger partial charge in [-0.1, -0.05) is 216 Å². The first kappa shape index (κ1) is 53.3. The Morgan fingerprint density at radius 1 is 0.554 bits per heavy atom. The summed E-state index contributed by atoms with van der Waals surface area (Å²) < 4.78 is 5.82. The molecule has 1 amide bonds. The average molecular weight is 782 g/mol. The largest absolute Gasteiger partial charge is 0.461 e. The molecule has 6 nitrogen and oxygen atoms in total. The summed E-state index contributed by atoms with van der Waals surface area (Å²) in [4.78, 5) is 25.9. The monoisotopic (exact) mass is 782 g/mol. The van der Waals surface area contributed by atoms with Crippen molar-refractivity contribution in [1.82, 2.24) is 5.32 Å². The maximum absolute atomic E-state index is 13.1. The first-order valence-electron chi connectivity index (χ1n) is 23.2. The van der Waals surface area contributed by atoms with E-state index < -0.39 is 18.2 Å². The summed E-state index contributed by atoms with van der Waals surface area (Å²) in [6, 6.07) is -0.740. The van der Waals surface area contributed by atoms with Crippen LogP contribution in [-0.4, -0.2) is 46.9 Å². The zero-order chi connectivity index (χ0) is 41.0. The molecular weight excluding hydrogens is 695 g/mol. The number of amides is 1. The summed E-state index contributed by atoms with van der Waals surface area (Å²) in [5.41, 5.74) is 0. The second-order valence-electron chi connectivity index (χ2n) is 15.6. The first-order chi connectivity index (χ1) is 27.5. The molecule has 0 spiro atoms. The number of aliphatic hydroxyl groups is 2. The third kappa shape index (κ3) is 38.2. The number of hydrogen-bond donors (Lipinski definition) is 3. The highest BCUT2D eigenvalue weighted by Crippen LogP contribution is 2.16. The van der Waals surface area contributed by atoms with Gasteiger partial charge in [-0.2, -0.15) is 0 Å². The van der Waals surface area contributed by atoms with Crippen LogP contribution >= 0.6 is 0 Å². The van der Waals surface area contributed by atoms with E-state index in [0.29, 0.717) is 19.3 Å². The van der Waals surface area contributed by atoms with Crippen LogP contribution in [0.25, 0.3) is 0 Å². The highest BCUT2D eigenvalue weighted by atomic mass is 16.5. The number of allylic oxidation sites excluding steroid dienone is 11. The molecule has 3 N–H and O–H groups in total. The van der Waals surface area contributed by atoms with Crippen LogP contribution in [0.3, 0.4) is 0 Å². The van der Waals surface area contributed by atoms with Crippen molar-refractivity contribution in [3.63, 3.8) is 0 Å². The van der Waals surface area contributed by atoms with Crippen molar-refractivity contribution >= 4 is 11.9 Å². The standard InChI is InChI=1S/C50H87NO5/c1-4-7-10-13-16-19-22-23-24-25-28-31-34-37-40-43-50(55)56-46(41-38-35-32-29-26-20-17-14-11-8-5-2)44-49(54)51-47(45-52)48(53)42-39-36-33-30-27-21-18-15-12-9-6-3/h8,11,14,17,19-20,22,26,29,32,35,38,46-48,52-53H,4-7,9-10,12-13,15-16,18,21,23-25,27-28,30-31,33-34,36-37,39-45H2,1-3H3,(H,51,54)/b11-8+,17-14+,22-19-,26-20-,32-29-,38-35+. The van der Waals surface area contributed by atoms with E-state index in [0.717, 1.165) is 44.9 Å². The van der Waals surface area contributed by atoms with Gasteiger partial charge in [-0.05, 0) is 44.9 Å². The fourth-order valence-corrected chi connectivity index (χ4v) is 6.62. The fraction of sp³-hybridized carbons (Fsp3) is 0.720. The van der Waals surface area contributed by atoms with Gasteiger partial charge in [-0.15, -0.1) is 0 Å². The van der Waals surface area contributed by atoms with Gasteiger partial charge < -0.3 is 20.3 Å². The minimum absolute atomic E-state index is 0.0223. The molecule has 0 aromatic carbocycles. The molecule has 0 aromatic rings. The molecule has 6 heteroatoms. The molecule has 56 heavy (non-hydrogen) atoms. The lowest BCUT2D eigenvalue weighted by Crippen LogP contribution is -2.46. The molecule has 3 unspecified atom stereocenters. The maximum Gasteiger partial charge on any atom is 0.306 e. The summed E-state index contributed by atoms with van der Waals surface area (Å²) in [6.07, 6.45) is 54.1. The predicted molar refractivity (Wildman–Crippen MR) is 241 cm³/mol. The molecule has 0 heterocycles. The Morgan fingerprint density at radius 3 is 1.52 bits per heavy atom. The summed E-state index contributed by atoms with van der Waals surface area (Å²) >= 11 is 0. The number of esters is 1. The normalized spacial score (nSPS) is 14.0. The molecule has 0 aliphatic rings. The molecule has 0 aliphatic heterocycles. The second kappa shape index (κ2) is 43.4. The molecule has 322 valence electrons. The lowest BCUT2D eigenvalue weighted by molar-refractivity contribution is -0.150. The van der Waals surface area contributed by atoms with Crippen molar-refractivity contribution in [3.05, 3.63) is 72.9 Å². The lowest BCUT2D eigenvalue weighted by atomic mass is 10.0. The third-order valence-electron chi connectivity index (χ3n) is 10.1. The van der Waals surface area contributed by atoms with Crippen LogP contribution in [0.15, 0.2) is 72.9 Å². The van der Waals surface area contributed by atoms with Gasteiger partial charge >= 0.3 is 5.97 Å². The predicted octanol–water partition coefficient (Wildman–Crippen LogP) is 13.4. The average Bonchev–Trinajstić information content (AvgIpc) is 3.19. The van der Waals surface area contributed by atoms with E-state index in [4.69, 9.17) is 4.74 Å². The molecular formula is C50H87NO5. The van der Waals surface area contributed by atoms with E-state index in [1.807, 2.05) is 54.7 Å². The summed E-state index contributed by atoms with van der Waals surface area (Å²) in [5.74, 6) is -0.617. The minimum Gasteiger partial charge on any atom is -0.461 e. The second-order valence-corrected chi connectivity index (χ2v) is 15.6. The van der Waals surface area contributed by atoms with E-state index in [1.54, 1.807) is 0 Å². The molecule has 0 rings (SSSR count). The van der Waals surface area contributed by atoms with Crippen LogP contribution < -0.4 is 5.32 Å². The van der Waals surface area contributed by atoms with Gasteiger partial charge in [-0.25, -0.2) is 0 Å². The van der Waals surface area contributed by atoms with Crippen LogP contribution in [0, 0.1) is 0 Å². The fourth-order valence-electron chi connectivity index (χ4n) is 6.62. The van der Waals surface area contributed by atoms with Gasteiger partial charge in [0.2, 0.25) is 5.91 Å². The Bertz CT molecular complexity index is 1060. The Hall–Kier alpha value is -2.70. The maximum atomic E-state index is 13.1. The van der Waals surface area contributed by atoms with Gasteiger partial charge in [-0.3, -0.25) is 9.59 Å². The molecule has 0 saturated heterocycles. The number of nitrogens with one attached hydrogen (secondary N) is 1. The smallest absolute Gasteiger partial charge is 0.306 e. The van der Waals surface area contributed by atoms with Crippen LogP contribution in [-0.2, 0) is 14.3 Å². The van der Waals surface area contributed by atoms with Gasteiger partial charge in [0.15, 0.2) is 0 Å².